The van der Waals surface area contributed by atoms with Crippen molar-refractivity contribution in [1.29, 1.82) is 0 Å². The lowest BCUT2D eigenvalue weighted by Crippen LogP contribution is -2.23. The third-order valence-corrected chi connectivity index (χ3v) is 4.59. The molecule has 142 valence electrons. The molecule has 0 heterocycles. The number of hydrogen-bond donors (Lipinski definition) is 2. The second-order valence-electron chi connectivity index (χ2n) is 6.85. The zero-order valence-electron chi connectivity index (χ0n) is 15.6. The van der Waals surface area contributed by atoms with Gasteiger partial charge in [0.05, 0.1) is 6.10 Å². The van der Waals surface area contributed by atoms with Crippen LogP contribution in [0.5, 0.6) is 5.75 Å². The van der Waals surface area contributed by atoms with Gasteiger partial charge in [-0.1, -0.05) is 18.2 Å². The molecule has 2 aromatic rings. The number of carbonyl (C=O) groups excluding carboxylic acids is 2. The van der Waals surface area contributed by atoms with E-state index in [0.29, 0.717) is 17.0 Å². The number of ether oxygens (including phenoxy) is 1. The number of hydrogen-bond acceptors (Lipinski definition) is 4. The van der Waals surface area contributed by atoms with Crippen LogP contribution in [-0.2, 0) is 11.2 Å². The SMILES string of the molecule is CN(C)C(=O)c1cccc(NC(=O)COc2cccc3c2CCCC3O)c1. The molecule has 0 aliphatic heterocycles. The minimum absolute atomic E-state index is 0.128. The standard InChI is InChI=1S/C21H24N2O4/c1-23(2)21(26)14-6-3-7-15(12-14)22-20(25)13-27-19-11-5-8-16-17(19)9-4-10-18(16)24/h3,5-8,11-12,18,24H,4,9-10,13H2,1-2H3,(H,22,25). The molecular formula is C21H24N2O4. The number of anilines is 1. The fraction of sp³-hybridized carbons (Fsp3) is 0.333. The first-order valence-electron chi connectivity index (χ1n) is 9.00. The van der Waals surface area contributed by atoms with E-state index in [1.54, 1.807) is 38.4 Å². The van der Waals surface area contributed by atoms with Crippen LogP contribution in [0.15, 0.2) is 42.5 Å². The molecule has 2 N–H and O–H groups in total. The van der Waals surface area contributed by atoms with Crippen molar-refractivity contribution in [1.82, 2.24) is 4.90 Å². The fourth-order valence-electron chi connectivity index (χ4n) is 3.25. The monoisotopic (exact) mass is 368 g/mol. The van der Waals surface area contributed by atoms with Crippen LogP contribution in [0, 0.1) is 0 Å². The molecule has 6 heteroatoms. The van der Waals surface area contributed by atoms with Gasteiger partial charge in [0.15, 0.2) is 6.61 Å². The van der Waals surface area contributed by atoms with Crippen molar-refractivity contribution in [3.8, 4) is 5.75 Å². The minimum Gasteiger partial charge on any atom is -0.483 e. The van der Waals surface area contributed by atoms with Crippen molar-refractivity contribution in [2.45, 2.75) is 25.4 Å². The van der Waals surface area contributed by atoms with Crippen molar-refractivity contribution < 1.29 is 19.4 Å². The summed E-state index contributed by atoms with van der Waals surface area (Å²) in [6.07, 6.45) is 2.01. The van der Waals surface area contributed by atoms with Crippen molar-refractivity contribution in [2.75, 3.05) is 26.0 Å². The molecule has 2 amide bonds. The normalized spacial score (nSPS) is 15.6. The van der Waals surface area contributed by atoms with Crippen LogP contribution < -0.4 is 10.1 Å². The van der Waals surface area contributed by atoms with Gasteiger partial charge in [0.25, 0.3) is 11.8 Å². The molecule has 1 aliphatic rings. The molecule has 0 bridgehead atoms. The molecule has 0 spiro atoms. The van der Waals surface area contributed by atoms with Gasteiger partial charge in [-0.15, -0.1) is 0 Å². The Hall–Kier alpha value is -2.86. The van der Waals surface area contributed by atoms with Crippen LogP contribution in [0.1, 0.15) is 40.4 Å². The van der Waals surface area contributed by atoms with Gasteiger partial charge in [0, 0.05) is 25.3 Å². The van der Waals surface area contributed by atoms with E-state index in [-0.39, 0.29) is 18.4 Å². The van der Waals surface area contributed by atoms with E-state index in [1.807, 2.05) is 18.2 Å². The van der Waals surface area contributed by atoms with Gasteiger partial charge in [-0.3, -0.25) is 9.59 Å². The highest BCUT2D eigenvalue weighted by molar-refractivity contribution is 5.97. The molecule has 0 radical (unpaired) electrons. The summed E-state index contributed by atoms with van der Waals surface area (Å²) in [5.74, 6) is 0.202. The van der Waals surface area contributed by atoms with Gasteiger partial charge in [0.2, 0.25) is 0 Å². The first-order chi connectivity index (χ1) is 13.0. The molecule has 0 saturated carbocycles. The average molecular weight is 368 g/mol. The molecular weight excluding hydrogens is 344 g/mol. The molecule has 3 rings (SSSR count). The Balaban J connectivity index is 1.64. The van der Waals surface area contributed by atoms with Crippen molar-refractivity contribution in [3.05, 3.63) is 59.2 Å². The summed E-state index contributed by atoms with van der Waals surface area (Å²) in [4.78, 5) is 25.8. The maximum absolute atomic E-state index is 12.3. The topological polar surface area (TPSA) is 78.9 Å². The third kappa shape index (κ3) is 4.46. The summed E-state index contributed by atoms with van der Waals surface area (Å²) in [5.41, 5.74) is 2.91. The molecule has 1 unspecified atom stereocenters. The predicted octanol–water partition coefficient (Wildman–Crippen LogP) is 2.78. The molecule has 27 heavy (non-hydrogen) atoms. The quantitative estimate of drug-likeness (QED) is 0.851. The van der Waals surface area contributed by atoms with Gasteiger partial charge in [-0.2, -0.15) is 0 Å². The third-order valence-electron chi connectivity index (χ3n) is 4.59. The Morgan fingerprint density at radius 1 is 1.22 bits per heavy atom. The summed E-state index contributed by atoms with van der Waals surface area (Å²) in [6.45, 7) is -0.140. The van der Waals surface area contributed by atoms with E-state index >= 15 is 0 Å². The summed E-state index contributed by atoms with van der Waals surface area (Å²) >= 11 is 0. The lowest BCUT2D eigenvalue weighted by atomic mass is 9.89. The van der Waals surface area contributed by atoms with Gasteiger partial charge in [0.1, 0.15) is 5.75 Å². The van der Waals surface area contributed by atoms with E-state index in [4.69, 9.17) is 4.74 Å². The Morgan fingerprint density at radius 2 is 2.00 bits per heavy atom. The Bertz CT molecular complexity index is 848. The maximum atomic E-state index is 12.3. The van der Waals surface area contributed by atoms with Gasteiger partial charge in [-0.25, -0.2) is 0 Å². The average Bonchev–Trinajstić information content (AvgIpc) is 2.66. The zero-order valence-corrected chi connectivity index (χ0v) is 15.6. The number of fused-ring (bicyclic) bond motifs is 1. The number of rotatable bonds is 5. The number of nitrogens with one attached hydrogen (secondary N) is 1. The summed E-state index contributed by atoms with van der Waals surface area (Å²) in [7, 11) is 3.36. The van der Waals surface area contributed by atoms with Gasteiger partial charge < -0.3 is 20.1 Å². The molecule has 6 nitrogen and oxygen atoms in total. The Kier molecular flexibility index (Phi) is 5.76. The molecule has 2 aromatic carbocycles. The fourth-order valence-corrected chi connectivity index (χ4v) is 3.25. The molecule has 0 saturated heterocycles. The highest BCUT2D eigenvalue weighted by Crippen LogP contribution is 2.35. The largest absolute Gasteiger partial charge is 0.483 e. The highest BCUT2D eigenvalue weighted by atomic mass is 16.5. The summed E-state index contributed by atoms with van der Waals surface area (Å²) in [6, 6.07) is 12.3. The number of carbonyl (C=O) groups is 2. The second kappa shape index (κ2) is 8.22. The van der Waals surface area contributed by atoms with Crippen molar-refractivity contribution in [2.24, 2.45) is 0 Å². The van der Waals surface area contributed by atoms with Crippen molar-refractivity contribution >= 4 is 17.5 Å². The minimum atomic E-state index is -0.469. The summed E-state index contributed by atoms with van der Waals surface area (Å²) < 4.78 is 5.70. The van der Waals surface area contributed by atoms with Crippen LogP contribution >= 0.6 is 0 Å². The summed E-state index contributed by atoms with van der Waals surface area (Å²) in [5, 5.41) is 12.9. The van der Waals surface area contributed by atoms with E-state index in [2.05, 4.69) is 5.32 Å². The lowest BCUT2D eigenvalue weighted by molar-refractivity contribution is -0.118. The molecule has 1 aliphatic carbocycles. The molecule has 0 aromatic heterocycles. The van der Waals surface area contributed by atoms with E-state index in [1.165, 1.54) is 4.90 Å². The van der Waals surface area contributed by atoms with E-state index < -0.39 is 6.10 Å². The van der Waals surface area contributed by atoms with Crippen molar-refractivity contribution in [3.63, 3.8) is 0 Å². The Labute approximate surface area is 158 Å². The lowest BCUT2D eigenvalue weighted by Gasteiger charge is -2.23. The number of amides is 2. The van der Waals surface area contributed by atoms with Crippen LogP contribution in [0.25, 0.3) is 0 Å². The van der Waals surface area contributed by atoms with Gasteiger partial charge >= 0.3 is 0 Å². The van der Waals surface area contributed by atoms with E-state index in [9.17, 15) is 14.7 Å². The van der Waals surface area contributed by atoms with Gasteiger partial charge in [-0.05, 0) is 54.7 Å². The number of nitrogens with zero attached hydrogens (tertiary/aromatic N) is 1. The maximum Gasteiger partial charge on any atom is 0.262 e. The second-order valence-corrected chi connectivity index (χ2v) is 6.85. The zero-order chi connectivity index (χ0) is 19.4. The first-order valence-corrected chi connectivity index (χ1v) is 9.00. The smallest absolute Gasteiger partial charge is 0.262 e. The van der Waals surface area contributed by atoms with Crippen LogP contribution in [0.3, 0.4) is 0 Å². The highest BCUT2D eigenvalue weighted by Gasteiger charge is 2.21. The van der Waals surface area contributed by atoms with Crippen LogP contribution in [0.2, 0.25) is 0 Å². The van der Waals surface area contributed by atoms with Crippen LogP contribution in [0.4, 0.5) is 5.69 Å². The first kappa shape index (κ1) is 18.9. The van der Waals surface area contributed by atoms with E-state index in [0.717, 1.165) is 30.4 Å². The number of aliphatic hydroxyl groups excluding tert-OH is 1. The molecule has 0 fully saturated rings. The number of aliphatic hydroxyl groups is 1. The van der Waals surface area contributed by atoms with Crippen LogP contribution in [-0.4, -0.2) is 42.5 Å². The Morgan fingerprint density at radius 3 is 2.78 bits per heavy atom. The molecule has 1 atom stereocenters. The number of benzene rings is 2. The predicted molar refractivity (Wildman–Crippen MR) is 103 cm³/mol.